The highest BCUT2D eigenvalue weighted by atomic mass is 16.2. The number of carbonyl (C=O) groups excluding carboxylic acids is 2. The SMILES string of the molecule is CC(=O)NCCN1CCN(CC(=O)Nc2ccccn2)CC1. The maximum Gasteiger partial charge on any atom is 0.239 e. The van der Waals surface area contributed by atoms with E-state index in [0.29, 0.717) is 18.9 Å². The van der Waals surface area contributed by atoms with E-state index in [9.17, 15) is 9.59 Å². The lowest BCUT2D eigenvalue weighted by atomic mass is 10.3. The number of anilines is 1. The zero-order valence-electron chi connectivity index (χ0n) is 12.9. The predicted octanol–water partition coefficient (Wildman–Crippen LogP) is -0.226. The van der Waals surface area contributed by atoms with Gasteiger partial charge < -0.3 is 10.6 Å². The topological polar surface area (TPSA) is 77.6 Å². The van der Waals surface area contributed by atoms with Crippen LogP contribution in [0.15, 0.2) is 24.4 Å². The summed E-state index contributed by atoms with van der Waals surface area (Å²) < 4.78 is 0. The molecular formula is C15H23N5O2. The van der Waals surface area contributed by atoms with E-state index in [-0.39, 0.29) is 11.8 Å². The van der Waals surface area contributed by atoms with Crippen LogP contribution in [0.2, 0.25) is 0 Å². The number of amides is 2. The van der Waals surface area contributed by atoms with Crippen LogP contribution in [0.4, 0.5) is 5.82 Å². The molecule has 1 saturated heterocycles. The minimum Gasteiger partial charge on any atom is -0.355 e. The minimum atomic E-state index is -0.0367. The number of nitrogens with one attached hydrogen (secondary N) is 2. The Morgan fingerprint density at radius 2 is 1.91 bits per heavy atom. The van der Waals surface area contributed by atoms with E-state index in [1.165, 1.54) is 6.92 Å². The van der Waals surface area contributed by atoms with Gasteiger partial charge in [0, 0.05) is 52.4 Å². The number of carbonyl (C=O) groups is 2. The van der Waals surface area contributed by atoms with Gasteiger partial charge in [0.05, 0.1) is 6.54 Å². The second kappa shape index (κ2) is 8.45. The molecule has 2 amide bonds. The first-order chi connectivity index (χ1) is 10.6. The Labute approximate surface area is 130 Å². The van der Waals surface area contributed by atoms with Gasteiger partial charge in [-0.2, -0.15) is 0 Å². The van der Waals surface area contributed by atoms with Crippen molar-refractivity contribution >= 4 is 17.6 Å². The van der Waals surface area contributed by atoms with E-state index in [0.717, 1.165) is 32.7 Å². The Bertz CT molecular complexity index is 486. The highest BCUT2D eigenvalue weighted by Gasteiger charge is 2.18. The summed E-state index contributed by atoms with van der Waals surface area (Å²) in [7, 11) is 0. The van der Waals surface area contributed by atoms with Crippen LogP contribution in [-0.2, 0) is 9.59 Å². The standard InChI is InChI=1S/C15H23N5O2/c1-13(21)16-6-7-19-8-10-20(11-9-19)12-15(22)18-14-4-2-3-5-17-14/h2-5H,6-12H2,1H3,(H,16,21)(H,17,18,22). The van der Waals surface area contributed by atoms with Gasteiger partial charge in [0.15, 0.2) is 0 Å². The second-order valence-electron chi connectivity index (χ2n) is 5.36. The normalized spacial score (nSPS) is 16.2. The summed E-state index contributed by atoms with van der Waals surface area (Å²) in [5.74, 6) is 0.552. The van der Waals surface area contributed by atoms with Gasteiger partial charge >= 0.3 is 0 Å². The van der Waals surface area contributed by atoms with Gasteiger partial charge in [-0.1, -0.05) is 6.07 Å². The van der Waals surface area contributed by atoms with Crippen molar-refractivity contribution in [1.29, 1.82) is 0 Å². The minimum absolute atomic E-state index is 0.00447. The van der Waals surface area contributed by atoms with Crippen LogP contribution in [0.5, 0.6) is 0 Å². The molecule has 0 saturated carbocycles. The van der Waals surface area contributed by atoms with E-state index < -0.39 is 0 Å². The molecule has 120 valence electrons. The summed E-state index contributed by atoms with van der Waals surface area (Å²) in [6, 6.07) is 5.43. The fraction of sp³-hybridized carbons (Fsp3) is 0.533. The summed E-state index contributed by atoms with van der Waals surface area (Å²) in [5, 5.41) is 5.59. The lowest BCUT2D eigenvalue weighted by molar-refractivity contribution is -0.119. The molecule has 1 aliphatic rings. The van der Waals surface area contributed by atoms with Crippen LogP contribution in [0, 0.1) is 0 Å². The first kappa shape index (κ1) is 16.4. The molecule has 1 fully saturated rings. The van der Waals surface area contributed by atoms with Crippen molar-refractivity contribution in [2.75, 3.05) is 51.1 Å². The lowest BCUT2D eigenvalue weighted by Crippen LogP contribution is -2.50. The molecule has 7 heteroatoms. The van der Waals surface area contributed by atoms with Gasteiger partial charge in [-0.25, -0.2) is 4.98 Å². The van der Waals surface area contributed by atoms with Crippen LogP contribution < -0.4 is 10.6 Å². The van der Waals surface area contributed by atoms with Gasteiger partial charge in [0.25, 0.3) is 0 Å². The van der Waals surface area contributed by atoms with Gasteiger partial charge in [0.1, 0.15) is 5.82 Å². The fourth-order valence-electron chi connectivity index (χ4n) is 2.38. The second-order valence-corrected chi connectivity index (χ2v) is 5.36. The van der Waals surface area contributed by atoms with Crippen molar-refractivity contribution < 1.29 is 9.59 Å². The number of aromatic nitrogens is 1. The summed E-state index contributed by atoms with van der Waals surface area (Å²) in [4.78, 5) is 31.3. The average molecular weight is 305 g/mol. The van der Waals surface area contributed by atoms with E-state index in [1.54, 1.807) is 12.3 Å². The van der Waals surface area contributed by atoms with Gasteiger partial charge in [-0.3, -0.25) is 19.4 Å². The summed E-state index contributed by atoms with van der Waals surface area (Å²) in [5.41, 5.74) is 0. The van der Waals surface area contributed by atoms with Gasteiger partial charge in [-0.05, 0) is 12.1 Å². The molecule has 1 aromatic heterocycles. The van der Waals surface area contributed by atoms with Crippen LogP contribution in [0.1, 0.15) is 6.92 Å². The van der Waals surface area contributed by atoms with Crippen LogP contribution in [0.3, 0.4) is 0 Å². The molecule has 0 atom stereocenters. The number of pyridine rings is 1. The van der Waals surface area contributed by atoms with Crippen molar-refractivity contribution in [1.82, 2.24) is 20.1 Å². The van der Waals surface area contributed by atoms with Crippen LogP contribution in [0.25, 0.3) is 0 Å². The third kappa shape index (κ3) is 5.79. The van der Waals surface area contributed by atoms with Crippen LogP contribution >= 0.6 is 0 Å². The van der Waals surface area contributed by atoms with Crippen molar-refractivity contribution in [3.63, 3.8) is 0 Å². The van der Waals surface area contributed by atoms with Crippen molar-refractivity contribution in [3.05, 3.63) is 24.4 Å². The third-order valence-electron chi connectivity index (χ3n) is 3.57. The van der Waals surface area contributed by atoms with E-state index >= 15 is 0 Å². The van der Waals surface area contributed by atoms with Gasteiger partial charge in [-0.15, -0.1) is 0 Å². The van der Waals surface area contributed by atoms with Crippen molar-refractivity contribution in [3.8, 4) is 0 Å². The molecule has 0 bridgehead atoms. The van der Waals surface area contributed by atoms with Crippen LogP contribution in [-0.4, -0.2) is 72.4 Å². The molecular weight excluding hydrogens is 282 g/mol. The highest BCUT2D eigenvalue weighted by molar-refractivity contribution is 5.91. The molecule has 0 spiro atoms. The molecule has 1 aliphatic heterocycles. The fourth-order valence-corrected chi connectivity index (χ4v) is 2.38. The Hall–Kier alpha value is -1.99. The molecule has 0 aliphatic carbocycles. The predicted molar refractivity (Wildman–Crippen MR) is 84.4 cm³/mol. The number of rotatable bonds is 6. The van der Waals surface area contributed by atoms with E-state index in [2.05, 4.69) is 25.4 Å². The molecule has 22 heavy (non-hydrogen) atoms. The lowest BCUT2D eigenvalue weighted by Gasteiger charge is -2.34. The number of hydrogen-bond acceptors (Lipinski definition) is 5. The highest BCUT2D eigenvalue weighted by Crippen LogP contribution is 2.03. The van der Waals surface area contributed by atoms with Crippen molar-refractivity contribution in [2.45, 2.75) is 6.92 Å². The largest absolute Gasteiger partial charge is 0.355 e. The Kier molecular flexibility index (Phi) is 6.29. The maximum atomic E-state index is 12.0. The number of piperazine rings is 1. The first-order valence-electron chi connectivity index (χ1n) is 7.53. The third-order valence-corrected chi connectivity index (χ3v) is 3.57. The Morgan fingerprint density at radius 1 is 1.18 bits per heavy atom. The monoisotopic (exact) mass is 305 g/mol. The number of hydrogen-bond donors (Lipinski definition) is 2. The average Bonchev–Trinajstić information content (AvgIpc) is 2.49. The van der Waals surface area contributed by atoms with Crippen molar-refractivity contribution in [2.24, 2.45) is 0 Å². The summed E-state index contributed by atoms with van der Waals surface area (Å²) >= 11 is 0. The molecule has 2 rings (SSSR count). The summed E-state index contributed by atoms with van der Waals surface area (Å²) in [6.45, 7) is 6.98. The Balaban J connectivity index is 1.64. The molecule has 7 nitrogen and oxygen atoms in total. The maximum absolute atomic E-state index is 12.0. The first-order valence-corrected chi connectivity index (χ1v) is 7.53. The number of nitrogens with zero attached hydrogens (tertiary/aromatic N) is 3. The smallest absolute Gasteiger partial charge is 0.239 e. The zero-order valence-corrected chi connectivity index (χ0v) is 12.9. The Morgan fingerprint density at radius 3 is 2.55 bits per heavy atom. The van der Waals surface area contributed by atoms with Gasteiger partial charge in [0.2, 0.25) is 11.8 Å². The molecule has 1 aromatic rings. The summed E-state index contributed by atoms with van der Waals surface area (Å²) in [6.07, 6.45) is 1.66. The molecule has 0 radical (unpaired) electrons. The van der Waals surface area contributed by atoms with E-state index in [1.807, 2.05) is 12.1 Å². The quantitative estimate of drug-likeness (QED) is 0.759. The zero-order chi connectivity index (χ0) is 15.8. The molecule has 0 aromatic carbocycles. The molecule has 2 heterocycles. The van der Waals surface area contributed by atoms with E-state index in [4.69, 9.17) is 0 Å². The molecule has 0 unspecified atom stereocenters. The molecule has 2 N–H and O–H groups in total.